The zero-order valence-corrected chi connectivity index (χ0v) is 14.7. The van der Waals surface area contributed by atoms with Crippen molar-refractivity contribution in [1.29, 1.82) is 0 Å². The molecular weight excluding hydrogens is 318 g/mol. The fourth-order valence-corrected chi connectivity index (χ4v) is 2.03. The van der Waals surface area contributed by atoms with Crippen LogP contribution in [-0.4, -0.2) is 56.6 Å². The van der Waals surface area contributed by atoms with Crippen molar-refractivity contribution < 1.29 is 14.3 Å². The number of nitrogens with one attached hydrogen (secondary N) is 2. The Kier molecular flexibility index (Phi) is 11.0. The summed E-state index contributed by atoms with van der Waals surface area (Å²) in [7, 11) is 1.61. The van der Waals surface area contributed by atoms with E-state index in [1.54, 1.807) is 36.3 Å². The number of benzene rings is 1. The molecular formula is C16H26ClN3O3. The van der Waals surface area contributed by atoms with Crippen molar-refractivity contribution >= 4 is 29.9 Å². The Balaban J connectivity index is 0.00000484. The van der Waals surface area contributed by atoms with E-state index in [4.69, 9.17) is 4.74 Å². The first-order valence-corrected chi connectivity index (χ1v) is 7.51. The van der Waals surface area contributed by atoms with Gasteiger partial charge in [0.25, 0.3) is 5.91 Å². The van der Waals surface area contributed by atoms with Crippen LogP contribution >= 0.6 is 12.4 Å². The molecule has 7 heteroatoms. The van der Waals surface area contributed by atoms with Gasteiger partial charge < -0.3 is 20.3 Å². The van der Waals surface area contributed by atoms with Gasteiger partial charge in [-0.3, -0.25) is 9.59 Å². The highest BCUT2D eigenvalue weighted by Crippen LogP contribution is 2.17. The fourth-order valence-electron chi connectivity index (χ4n) is 2.03. The first kappa shape index (κ1) is 21.4. The zero-order chi connectivity index (χ0) is 16.4. The molecule has 0 bridgehead atoms. The van der Waals surface area contributed by atoms with Gasteiger partial charge in [-0.15, -0.1) is 12.4 Å². The Morgan fingerprint density at radius 3 is 2.43 bits per heavy atom. The van der Waals surface area contributed by atoms with Crippen LogP contribution in [-0.2, 0) is 9.53 Å². The van der Waals surface area contributed by atoms with Crippen molar-refractivity contribution in [2.75, 3.05) is 45.2 Å². The minimum absolute atomic E-state index is 0. The minimum atomic E-state index is -0.184. The number of anilines is 1. The van der Waals surface area contributed by atoms with Crippen LogP contribution in [0.15, 0.2) is 24.3 Å². The monoisotopic (exact) mass is 343 g/mol. The summed E-state index contributed by atoms with van der Waals surface area (Å²) in [6, 6.07) is 7.06. The molecule has 0 aliphatic carbocycles. The third-order valence-corrected chi connectivity index (χ3v) is 3.25. The molecule has 1 aromatic rings. The quantitative estimate of drug-likeness (QED) is 0.670. The van der Waals surface area contributed by atoms with E-state index in [0.29, 0.717) is 37.5 Å². The zero-order valence-electron chi connectivity index (χ0n) is 13.9. The first-order valence-electron chi connectivity index (χ1n) is 7.51. The fraction of sp³-hybridized carbons (Fsp3) is 0.500. The first-order chi connectivity index (χ1) is 10.6. The molecule has 2 amide bonds. The number of methoxy groups -OCH3 is 1. The minimum Gasteiger partial charge on any atom is -0.383 e. The number of halogens is 1. The third kappa shape index (κ3) is 6.99. The van der Waals surface area contributed by atoms with Crippen molar-refractivity contribution in [3.63, 3.8) is 0 Å². The summed E-state index contributed by atoms with van der Waals surface area (Å²) in [5.74, 6) is -0.260. The van der Waals surface area contributed by atoms with Crippen LogP contribution in [0.2, 0.25) is 0 Å². The predicted octanol–water partition coefficient (Wildman–Crippen LogP) is 1.76. The molecule has 0 aliphatic rings. The van der Waals surface area contributed by atoms with Gasteiger partial charge in [0.15, 0.2) is 0 Å². The van der Waals surface area contributed by atoms with Crippen LogP contribution in [0.4, 0.5) is 5.69 Å². The van der Waals surface area contributed by atoms with Gasteiger partial charge >= 0.3 is 0 Å². The second-order valence-corrected chi connectivity index (χ2v) is 4.74. The molecule has 0 spiro atoms. The highest BCUT2D eigenvalue weighted by molar-refractivity contribution is 6.04. The number of amides is 2. The Hall–Kier alpha value is -1.63. The van der Waals surface area contributed by atoms with Crippen molar-refractivity contribution in [1.82, 2.24) is 10.2 Å². The number of carbonyl (C=O) groups is 2. The van der Waals surface area contributed by atoms with E-state index in [1.165, 1.54) is 0 Å². The second-order valence-electron chi connectivity index (χ2n) is 4.74. The van der Waals surface area contributed by atoms with Crippen LogP contribution < -0.4 is 10.6 Å². The van der Waals surface area contributed by atoms with Gasteiger partial charge in [0.1, 0.15) is 0 Å². The molecule has 6 nitrogen and oxygen atoms in total. The van der Waals surface area contributed by atoms with Crippen LogP contribution in [0.5, 0.6) is 0 Å². The molecule has 0 aromatic heterocycles. The van der Waals surface area contributed by atoms with Gasteiger partial charge in [0.05, 0.1) is 24.4 Å². The molecule has 0 saturated heterocycles. The Morgan fingerprint density at radius 2 is 1.83 bits per heavy atom. The van der Waals surface area contributed by atoms with E-state index in [0.717, 1.165) is 0 Å². The molecule has 0 aliphatic heterocycles. The van der Waals surface area contributed by atoms with Gasteiger partial charge in [-0.1, -0.05) is 12.1 Å². The number of para-hydroxylation sites is 1. The Morgan fingerprint density at radius 1 is 1.17 bits per heavy atom. The van der Waals surface area contributed by atoms with Gasteiger partial charge in [-0.25, -0.2) is 0 Å². The standard InChI is InChI=1S/C16H25N3O3.ClH/c1-4-19(5-2)16(21)13-8-6-7-9-14(13)18-15(20)12-17-10-11-22-3;/h6-9,17H,4-5,10-12H2,1-3H3,(H,18,20);1H. The summed E-state index contributed by atoms with van der Waals surface area (Å²) in [6.45, 7) is 6.46. The van der Waals surface area contributed by atoms with Crippen LogP contribution in [0, 0.1) is 0 Å². The molecule has 130 valence electrons. The molecule has 23 heavy (non-hydrogen) atoms. The number of rotatable bonds is 9. The average Bonchev–Trinajstić information content (AvgIpc) is 2.53. The summed E-state index contributed by atoms with van der Waals surface area (Å²) < 4.78 is 4.90. The highest BCUT2D eigenvalue weighted by atomic mass is 35.5. The van der Waals surface area contributed by atoms with E-state index < -0.39 is 0 Å². The second kappa shape index (κ2) is 11.9. The molecule has 1 aromatic carbocycles. The molecule has 0 heterocycles. The SMILES string of the molecule is CCN(CC)C(=O)c1ccccc1NC(=O)CNCCOC.Cl. The molecule has 2 N–H and O–H groups in total. The van der Waals surface area contributed by atoms with Crippen molar-refractivity contribution in [3.8, 4) is 0 Å². The van der Waals surface area contributed by atoms with E-state index in [-0.39, 0.29) is 30.8 Å². The predicted molar refractivity (Wildman–Crippen MR) is 94.3 cm³/mol. The molecule has 0 atom stereocenters. The molecule has 0 saturated carbocycles. The van der Waals surface area contributed by atoms with Gasteiger partial charge in [-0.2, -0.15) is 0 Å². The smallest absolute Gasteiger partial charge is 0.255 e. The third-order valence-electron chi connectivity index (χ3n) is 3.25. The summed E-state index contributed by atoms with van der Waals surface area (Å²) in [5.41, 5.74) is 1.05. The number of hydrogen-bond acceptors (Lipinski definition) is 4. The Bertz CT molecular complexity index is 493. The van der Waals surface area contributed by atoms with Gasteiger partial charge in [0.2, 0.25) is 5.91 Å². The molecule has 1 rings (SSSR count). The summed E-state index contributed by atoms with van der Waals surface area (Å²) in [5, 5.41) is 5.75. The van der Waals surface area contributed by atoms with Gasteiger partial charge in [0, 0.05) is 26.7 Å². The molecule has 0 unspecified atom stereocenters. The topological polar surface area (TPSA) is 70.7 Å². The van der Waals surface area contributed by atoms with E-state index >= 15 is 0 Å². The Labute approximate surface area is 144 Å². The van der Waals surface area contributed by atoms with Crippen LogP contribution in [0.1, 0.15) is 24.2 Å². The van der Waals surface area contributed by atoms with Crippen LogP contribution in [0.3, 0.4) is 0 Å². The average molecular weight is 344 g/mol. The largest absolute Gasteiger partial charge is 0.383 e. The lowest BCUT2D eigenvalue weighted by molar-refractivity contribution is -0.115. The summed E-state index contributed by atoms with van der Waals surface area (Å²) in [6.07, 6.45) is 0. The highest BCUT2D eigenvalue weighted by Gasteiger charge is 2.17. The maximum absolute atomic E-state index is 12.5. The normalized spacial score (nSPS) is 9.87. The van der Waals surface area contributed by atoms with E-state index in [1.807, 2.05) is 13.8 Å². The lowest BCUT2D eigenvalue weighted by Gasteiger charge is -2.20. The van der Waals surface area contributed by atoms with E-state index in [9.17, 15) is 9.59 Å². The number of nitrogens with zero attached hydrogens (tertiary/aromatic N) is 1. The lowest BCUT2D eigenvalue weighted by atomic mass is 10.1. The summed E-state index contributed by atoms with van der Waals surface area (Å²) >= 11 is 0. The maximum atomic E-state index is 12.5. The van der Waals surface area contributed by atoms with Gasteiger partial charge in [-0.05, 0) is 26.0 Å². The molecule has 0 fully saturated rings. The van der Waals surface area contributed by atoms with Crippen LogP contribution in [0.25, 0.3) is 0 Å². The van der Waals surface area contributed by atoms with E-state index in [2.05, 4.69) is 10.6 Å². The summed E-state index contributed by atoms with van der Waals surface area (Å²) in [4.78, 5) is 26.1. The molecule has 0 radical (unpaired) electrons. The van der Waals surface area contributed by atoms with Crippen molar-refractivity contribution in [3.05, 3.63) is 29.8 Å². The lowest BCUT2D eigenvalue weighted by Crippen LogP contribution is -2.33. The number of ether oxygens (including phenoxy) is 1. The van der Waals surface area contributed by atoms with Crippen molar-refractivity contribution in [2.24, 2.45) is 0 Å². The maximum Gasteiger partial charge on any atom is 0.255 e. The number of carbonyl (C=O) groups excluding carboxylic acids is 2. The van der Waals surface area contributed by atoms with Crippen molar-refractivity contribution in [2.45, 2.75) is 13.8 Å². The number of hydrogen-bond donors (Lipinski definition) is 2.